The standard InChI is InChI=1S/C23H30FN3O2/c1-14-8-9-27(14)21-12-20-15(11-19(21)24)10-16(13-25-20)22(28)26-18-6-4-17(5-7-18)23(2,3)29/h10-14,17-18,29H,4-9H2,1-3H3,(H,26,28)/t14-,17-,18-/m1/s1. The van der Waals surface area contributed by atoms with Crippen molar-refractivity contribution in [1.82, 2.24) is 10.3 Å². The zero-order chi connectivity index (χ0) is 20.8. The van der Waals surface area contributed by atoms with E-state index < -0.39 is 5.60 Å². The minimum Gasteiger partial charge on any atom is -0.390 e. The first-order valence-electron chi connectivity index (χ1n) is 10.6. The molecule has 0 unspecified atom stereocenters. The number of fused-ring (bicyclic) bond motifs is 1. The summed E-state index contributed by atoms with van der Waals surface area (Å²) in [5, 5.41) is 13.9. The number of amides is 1. The van der Waals surface area contributed by atoms with Gasteiger partial charge in [-0.05, 0) is 77.0 Å². The molecule has 1 aromatic carbocycles. The van der Waals surface area contributed by atoms with Gasteiger partial charge in [0.15, 0.2) is 0 Å². The SMILES string of the molecule is C[C@@H]1CCN1c1cc2ncc(C(=O)N[C@H]3CC[C@H](C(C)(C)O)CC3)cc2cc1F. The van der Waals surface area contributed by atoms with E-state index in [0.717, 1.165) is 38.6 Å². The summed E-state index contributed by atoms with van der Waals surface area (Å²) in [6.07, 6.45) is 6.14. The first kappa shape index (κ1) is 20.1. The number of hydrogen-bond acceptors (Lipinski definition) is 4. The number of aliphatic hydroxyl groups is 1. The van der Waals surface area contributed by atoms with E-state index in [0.29, 0.717) is 28.2 Å². The summed E-state index contributed by atoms with van der Waals surface area (Å²) in [6, 6.07) is 5.42. The van der Waals surface area contributed by atoms with Gasteiger partial charge in [0.05, 0.1) is 22.4 Å². The maximum atomic E-state index is 14.6. The second-order valence-electron chi connectivity index (χ2n) is 9.23. The third kappa shape index (κ3) is 4.08. The van der Waals surface area contributed by atoms with Crippen LogP contribution in [0.25, 0.3) is 10.9 Å². The van der Waals surface area contributed by atoms with Crippen molar-refractivity contribution in [3.05, 3.63) is 35.8 Å². The number of hydrogen-bond donors (Lipinski definition) is 2. The lowest BCUT2D eigenvalue weighted by molar-refractivity contribution is -0.00257. The van der Waals surface area contributed by atoms with Crippen LogP contribution in [0, 0.1) is 11.7 Å². The fourth-order valence-electron chi connectivity index (χ4n) is 4.57. The van der Waals surface area contributed by atoms with Crippen molar-refractivity contribution < 1.29 is 14.3 Å². The molecule has 2 aliphatic rings. The molecule has 2 heterocycles. The van der Waals surface area contributed by atoms with E-state index >= 15 is 0 Å². The van der Waals surface area contributed by atoms with Crippen molar-refractivity contribution in [2.75, 3.05) is 11.4 Å². The molecule has 1 saturated heterocycles. The summed E-state index contributed by atoms with van der Waals surface area (Å²) in [5.74, 6) is -0.176. The number of anilines is 1. The summed E-state index contributed by atoms with van der Waals surface area (Å²) >= 11 is 0. The number of nitrogens with one attached hydrogen (secondary N) is 1. The van der Waals surface area contributed by atoms with Gasteiger partial charge in [-0.2, -0.15) is 0 Å². The first-order chi connectivity index (χ1) is 13.7. The van der Waals surface area contributed by atoms with E-state index in [1.807, 2.05) is 18.7 Å². The largest absolute Gasteiger partial charge is 0.390 e. The Morgan fingerprint density at radius 3 is 2.52 bits per heavy atom. The van der Waals surface area contributed by atoms with Crippen LogP contribution in [0.2, 0.25) is 0 Å². The summed E-state index contributed by atoms with van der Waals surface area (Å²) in [5.41, 5.74) is 1.06. The maximum Gasteiger partial charge on any atom is 0.253 e. The molecule has 1 atom stereocenters. The molecule has 2 fully saturated rings. The number of pyridine rings is 1. The number of aromatic nitrogens is 1. The third-order valence-corrected chi connectivity index (χ3v) is 6.70. The molecular weight excluding hydrogens is 369 g/mol. The Morgan fingerprint density at radius 1 is 1.21 bits per heavy atom. The fourth-order valence-corrected chi connectivity index (χ4v) is 4.57. The van der Waals surface area contributed by atoms with Crippen LogP contribution in [0.15, 0.2) is 24.4 Å². The Kier molecular flexibility index (Phi) is 5.23. The zero-order valence-corrected chi connectivity index (χ0v) is 17.4. The molecule has 156 valence electrons. The molecule has 1 aromatic heterocycles. The van der Waals surface area contributed by atoms with Gasteiger partial charge in [-0.25, -0.2) is 4.39 Å². The van der Waals surface area contributed by atoms with Gasteiger partial charge >= 0.3 is 0 Å². The molecule has 2 aromatic rings. The van der Waals surface area contributed by atoms with Gasteiger partial charge in [-0.15, -0.1) is 0 Å². The molecular formula is C23H30FN3O2. The van der Waals surface area contributed by atoms with Crippen molar-refractivity contribution >= 4 is 22.5 Å². The van der Waals surface area contributed by atoms with Crippen LogP contribution in [-0.4, -0.2) is 40.2 Å². The molecule has 1 amide bonds. The van der Waals surface area contributed by atoms with Crippen molar-refractivity contribution in [2.24, 2.45) is 5.92 Å². The highest BCUT2D eigenvalue weighted by Gasteiger charge is 2.32. The average Bonchev–Trinajstić information content (AvgIpc) is 2.66. The average molecular weight is 400 g/mol. The zero-order valence-electron chi connectivity index (χ0n) is 17.4. The number of rotatable bonds is 4. The predicted molar refractivity (Wildman–Crippen MR) is 113 cm³/mol. The quantitative estimate of drug-likeness (QED) is 0.815. The minimum absolute atomic E-state index is 0.101. The second kappa shape index (κ2) is 7.56. The lowest BCUT2D eigenvalue weighted by Gasteiger charge is -2.40. The lowest BCUT2D eigenvalue weighted by Crippen LogP contribution is -2.46. The minimum atomic E-state index is -0.673. The van der Waals surface area contributed by atoms with Crippen LogP contribution in [0.4, 0.5) is 10.1 Å². The molecule has 1 saturated carbocycles. The molecule has 4 rings (SSSR count). The normalized spacial score (nSPS) is 25.0. The van der Waals surface area contributed by atoms with Gasteiger partial charge in [0.1, 0.15) is 5.82 Å². The topological polar surface area (TPSA) is 65.5 Å². The number of benzene rings is 1. The lowest BCUT2D eigenvalue weighted by atomic mass is 9.77. The van der Waals surface area contributed by atoms with Gasteiger partial charge in [-0.1, -0.05) is 0 Å². The number of halogens is 1. The number of carbonyl (C=O) groups excluding carboxylic acids is 1. The summed E-state index contributed by atoms with van der Waals surface area (Å²) in [6.45, 7) is 6.65. The molecule has 1 aliphatic carbocycles. The Bertz CT molecular complexity index is 916. The van der Waals surface area contributed by atoms with Gasteiger partial charge in [-0.3, -0.25) is 9.78 Å². The van der Waals surface area contributed by atoms with Crippen molar-refractivity contribution in [3.63, 3.8) is 0 Å². The van der Waals surface area contributed by atoms with E-state index in [4.69, 9.17) is 0 Å². The van der Waals surface area contributed by atoms with E-state index in [2.05, 4.69) is 17.2 Å². The van der Waals surface area contributed by atoms with Gasteiger partial charge in [0.25, 0.3) is 5.91 Å². The second-order valence-corrected chi connectivity index (χ2v) is 9.23. The molecule has 29 heavy (non-hydrogen) atoms. The van der Waals surface area contributed by atoms with Gasteiger partial charge < -0.3 is 15.3 Å². The summed E-state index contributed by atoms with van der Waals surface area (Å²) in [7, 11) is 0. The van der Waals surface area contributed by atoms with Gasteiger partial charge in [0.2, 0.25) is 0 Å². The number of carbonyl (C=O) groups is 1. The molecule has 1 aliphatic heterocycles. The number of nitrogens with zero attached hydrogens (tertiary/aromatic N) is 2. The fraction of sp³-hybridized carbons (Fsp3) is 0.565. The Balaban J connectivity index is 1.45. The molecule has 5 nitrogen and oxygen atoms in total. The van der Waals surface area contributed by atoms with E-state index in [9.17, 15) is 14.3 Å². The molecule has 0 bridgehead atoms. The molecule has 6 heteroatoms. The Hall–Kier alpha value is -2.21. The van der Waals surface area contributed by atoms with Crippen LogP contribution < -0.4 is 10.2 Å². The van der Waals surface area contributed by atoms with E-state index in [-0.39, 0.29) is 23.7 Å². The smallest absolute Gasteiger partial charge is 0.253 e. The van der Waals surface area contributed by atoms with Crippen LogP contribution in [0.1, 0.15) is 63.2 Å². The van der Waals surface area contributed by atoms with Crippen molar-refractivity contribution in [3.8, 4) is 0 Å². The van der Waals surface area contributed by atoms with E-state index in [1.54, 1.807) is 18.3 Å². The monoisotopic (exact) mass is 399 g/mol. The van der Waals surface area contributed by atoms with Crippen LogP contribution in [0.3, 0.4) is 0 Å². The van der Waals surface area contributed by atoms with Gasteiger partial charge in [0, 0.05) is 30.2 Å². The highest BCUT2D eigenvalue weighted by molar-refractivity contribution is 5.97. The Morgan fingerprint density at radius 2 is 1.93 bits per heavy atom. The van der Waals surface area contributed by atoms with Crippen LogP contribution in [-0.2, 0) is 0 Å². The predicted octanol–water partition coefficient (Wildman–Crippen LogP) is 4.03. The first-order valence-corrected chi connectivity index (χ1v) is 10.6. The summed E-state index contributed by atoms with van der Waals surface area (Å²) < 4.78 is 14.6. The highest BCUT2D eigenvalue weighted by atomic mass is 19.1. The van der Waals surface area contributed by atoms with E-state index in [1.165, 1.54) is 6.07 Å². The highest BCUT2D eigenvalue weighted by Crippen LogP contribution is 2.33. The summed E-state index contributed by atoms with van der Waals surface area (Å²) in [4.78, 5) is 19.2. The molecule has 0 spiro atoms. The molecule has 2 N–H and O–H groups in total. The van der Waals surface area contributed by atoms with Crippen LogP contribution >= 0.6 is 0 Å². The van der Waals surface area contributed by atoms with Crippen molar-refractivity contribution in [2.45, 2.75) is 70.6 Å². The third-order valence-electron chi connectivity index (χ3n) is 6.70. The maximum absolute atomic E-state index is 14.6. The van der Waals surface area contributed by atoms with Crippen molar-refractivity contribution in [1.29, 1.82) is 0 Å². The molecule has 0 radical (unpaired) electrons. The van der Waals surface area contributed by atoms with Crippen LogP contribution in [0.5, 0.6) is 0 Å². The Labute approximate surface area is 171 Å².